The van der Waals surface area contributed by atoms with Gasteiger partial charge < -0.3 is 14.7 Å². The maximum absolute atomic E-state index is 12.1. The number of rotatable bonds is 6. The van der Waals surface area contributed by atoms with Crippen LogP contribution in [0.15, 0.2) is 51.9 Å². The number of thioether (sulfide) groups is 1. The van der Waals surface area contributed by atoms with Crippen molar-refractivity contribution in [3.05, 3.63) is 69.4 Å². The minimum atomic E-state index is -0.0795. The highest BCUT2D eigenvalue weighted by Crippen LogP contribution is 2.17. The largest absolute Gasteiger partial charge is 0.467 e. The molecule has 24 heavy (non-hydrogen) atoms. The lowest BCUT2D eigenvalue weighted by Gasteiger charge is -2.06. The Balaban J connectivity index is 1.55. The second kappa shape index (κ2) is 7.59. The highest BCUT2D eigenvalue weighted by Gasteiger charge is 2.06. The molecule has 0 spiro atoms. The number of benzene rings is 1. The minimum Gasteiger partial charge on any atom is -0.467 e. The molecule has 0 fully saturated rings. The number of amides is 1. The van der Waals surface area contributed by atoms with Crippen molar-refractivity contribution in [2.45, 2.75) is 12.3 Å². The third-order valence-electron chi connectivity index (χ3n) is 3.38. The van der Waals surface area contributed by atoms with Crippen molar-refractivity contribution in [1.82, 2.24) is 10.3 Å². The fraction of sp³-hybridized carbons (Fsp3) is 0.176. The van der Waals surface area contributed by atoms with E-state index in [4.69, 9.17) is 16.0 Å². The van der Waals surface area contributed by atoms with E-state index in [1.165, 1.54) is 11.8 Å². The number of aromatic amines is 1. The van der Waals surface area contributed by atoms with E-state index in [9.17, 15) is 9.59 Å². The summed E-state index contributed by atoms with van der Waals surface area (Å²) in [7, 11) is 0. The van der Waals surface area contributed by atoms with E-state index in [2.05, 4.69) is 10.3 Å². The summed E-state index contributed by atoms with van der Waals surface area (Å²) in [5, 5.41) is 3.87. The third-order valence-corrected chi connectivity index (χ3v) is 4.59. The van der Waals surface area contributed by atoms with Crippen LogP contribution in [0.25, 0.3) is 10.9 Å². The molecule has 5 nitrogen and oxygen atoms in total. The smallest absolute Gasteiger partial charge is 0.230 e. The number of hydrogen-bond donors (Lipinski definition) is 2. The number of halogens is 1. The Labute approximate surface area is 147 Å². The molecular weight excluding hydrogens is 348 g/mol. The zero-order valence-electron chi connectivity index (χ0n) is 12.7. The number of carbonyl (C=O) groups is 1. The van der Waals surface area contributed by atoms with Gasteiger partial charge in [0.05, 0.1) is 18.6 Å². The van der Waals surface area contributed by atoms with Crippen LogP contribution in [-0.4, -0.2) is 16.6 Å². The van der Waals surface area contributed by atoms with Gasteiger partial charge in [0.25, 0.3) is 0 Å². The summed E-state index contributed by atoms with van der Waals surface area (Å²) in [6.45, 7) is 0.375. The van der Waals surface area contributed by atoms with Crippen molar-refractivity contribution in [2.75, 3.05) is 5.75 Å². The average molecular weight is 363 g/mol. The SMILES string of the molecule is O=C(CSCc1cc(=O)c2cc(Cl)ccc2[nH]1)NCc1ccco1. The van der Waals surface area contributed by atoms with Crippen LogP contribution >= 0.6 is 23.4 Å². The Morgan fingerprint density at radius 1 is 1.29 bits per heavy atom. The maximum atomic E-state index is 12.1. The number of furan rings is 1. The predicted octanol–water partition coefficient (Wildman–Crippen LogP) is 3.32. The van der Waals surface area contributed by atoms with E-state index < -0.39 is 0 Å². The van der Waals surface area contributed by atoms with Crippen LogP contribution in [0.5, 0.6) is 0 Å². The lowest BCUT2D eigenvalue weighted by atomic mass is 10.2. The predicted molar refractivity (Wildman–Crippen MR) is 96.3 cm³/mol. The fourth-order valence-corrected chi connectivity index (χ4v) is 3.19. The minimum absolute atomic E-state index is 0.0775. The molecule has 0 radical (unpaired) electrons. The fourth-order valence-electron chi connectivity index (χ4n) is 2.26. The number of carbonyl (C=O) groups excluding carboxylic acids is 1. The molecule has 0 bridgehead atoms. The molecule has 0 saturated heterocycles. The molecule has 0 atom stereocenters. The van der Waals surface area contributed by atoms with Crippen molar-refractivity contribution in [2.24, 2.45) is 0 Å². The molecule has 1 amide bonds. The topological polar surface area (TPSA) is 75.1 Å². The molecule has 3 aromatic rings. The average Bonchev–Trinajstić information content (AvgIpc) is 3.07. The van der Waals surface area contributed by atoms with Crippen LogP contribution in [-0.2, 0) is 17.1 Å². The van der Waals surface area contributed by atoms with E-state index in [0.29, 0.717) is 34.2 Å². The van der Waals surface area contributed by atoms with Gasteiger partial charge >= 0.3 is 0 Å². The molecular formula is C17H15ClN2O3S. The Morgan fingerprint density at radius 2 is 2.17 bits per heavy atom. The molecule has 0 aliphatic carbocycles. The summed E-state index contributed by atoms with van der Waals surface area (Å²) in [6, 6.07) is 10.3. The summed E-state index contributed by atoms with van der Waals surface area (Å²) in [4.78, 5) is 27.1. The monoisotopic (exact) mass is 362 g/mol. The van der Waals surface area contributed by atoms with Crippen LogP contribution in [0.3, 0.4) is 0 Å². The van der Waals surface area contributed by atoms with Gasteiger partial charge in [-0.3, -0.25) is 9.59 Å². The first kappa shape index (κ1) is 16.7. The quantitative estimate of drug-likeness (QED) is 0.705. The Hall–Kier alpha value is -2.18. The van der Waals surface area contributed by atoms with Crippen LogP contribution in [0, 0.1) is 0 Å². The summed E-state index contributed by atoms with van der Waals surface area (Å²) in [6.07, 6.45) is 1.57. The summed E-state index contributed by atoms with van der Waals surface area (Å²) in [5.74, 6) is 1.49. The highest BCUT2D eigenvalue weighted by atomic mass is 35.5. The van der Waals surface area contributed by atoms with Gasteiger partial charge in [0, 0.05) is 33.4 Å². The van der Waals surface area contributed by atoms with E-state index in [0.717, 1.165) is 11.2 Å². The van der Waals surface area contributed by atoms with Crippen LogP contribution < -0.4 is 10.7 Å². The van der Waals surface area contributed by atoms with Crippen LogP contribution in [0.1, 0.15) is 11.5 Å². The van der Waals surface area contributed by atoms with E-state index in [-0.39, 0.29) is 11.3 Å². The van der Waals surface area contributed by atoms with Crippen LogP contribution in [0.4, 0.5) is 0 Å². The van der Waals surface area contributed by atoms with Crippen molar-refractivity contribution < 1.29 is 9.21 Å². The van der Waals surface area contributed by atoms with Gasteiger partial charge in [-0.2, -0.15) is 0 Å². The Morgan fingerprint density at radius 3 is 2.96 bits per heavy atom. The van der Waals surface area contributed by atoms with E-state index >= 15 is 0 Å². The van der Waals surface area contributed by atoms with Gasteiger partial charge in [-0.15, -0.1) is 11.8 Å². The molecule has 1 aromatic carbocycles. The molecule has 7 heteroatoms. The highest BCUT2D eigenvalue weighted by molar-refractivity contribution is 7.99. The summed E-state index contributed by atoms with van der Waals surface area (Å²) < 4.78 is 5.15. The van der Waals surface area contributed by atoms with Gasteiger partial charge in [-0.05, 0) is 30.3 Å². The number of aromatic nitrogens is 1. The molecule has 3 rings (SSSR count). The lowest BCUT2D eigenvalue weighted by molar-refractivity contribution is -0.118. The van der Waals surface area contributed by atoms with Crippen molar-refractivity contribution >= 4 is 40.2 Å². The number of fused-ring (bicyclic) bond motifs is 1. The molecule has 0 saturated carbocycles. The standard InChI is InChI=1S/C17H15ClN2O3S/c18-11-3-4-15-14(6-11)16(21)7-12(20-15)9-24-10-17(22)19-8-13-2-1-5-23-13/h1-7H,8-10H2,(H,19,22)(H,20,21). The molecule has 0 aliphatic rings. The molecule has 0 aliphatic heterocycles. The molecule has 0 unspecified atom stereocenters. The van der Waals surface area contributed by atoms with Gasteiger partial charge in [0.15, 0.2) is 5.43 Å². The number of hydrogen-bond acceptors (Lipinski definition) is 4. The first-order valence-electron chi connectivity index (χ1n) is 7.30. The van der Waals surface area contributed by atoms with E-state index in [1.54, 1.807) is 42.7 Å². The Bertz CT molecular complexity index is 906. The number of nitrogens with one attached hydrogen (secondary N) is 2. The van der Waals surface area contributed by atoms with Gasteiger partial charge in [0.2, 0.25) is 5.91 Å². The first-order chi connectivity index (χ1) is 11.6. The summed E-state index contributed by atoms with van der Waals surface area (Å²) in [5.41, 5.74) is 1.44. The first-order valence-corrected chi connectivity index (χ1v) is 8.83. The normalized spacial score (nSPS) is 10.9. The Kier molecular flexibility index (Phi) is 5.27. The van der Waals surface area contributed by atoms with Gasteiger partial charge in [-0.25, -0.2) is 0 Å². The lowest BCUT2D eigenvalue weighted by Crippen LogP contribution is -2.24. The van der Waals surface area contributed by atoms with Gasteiger partial charge in [0.1, 0.15) is 5.76 Å². The zero-order valence-corrected chi connectivity index (χ0v) is 14.2. The molecule has 124 valence electrons. The van der Waals surface area contributed by atoms with Crippen molar-refractivity contribution in [3.63, 3.8) is 0 Å². The molecule has 2 N–H and O–H groups in total. The number of H-pyrrole nitrogens is 1. The van der Waals surface area contributed by atoms with Crippen LogP contribution in [0.2, 0.25) is 5.02 Å². The summed E-state index contributed by atoms with van der Waals surface area (Å²) >= 11 is 7.34. The molecule has 2 heterocycles. The third kappa shape index (κ3) is 4.21. The van der Waals surface area contributed by atoms with Gasteiger partial charge in [-0.1, -0.05) is 11.6 Å². The molecule has 2 aromatic heterocycles. The van der Waals surface area contributed by atoms with E-state index in [1.807, 2.05) is 0 Å². The maximum Gasteiger partial charge on any atom is 0.230 e. The second-order valence-electron chi connectivity index (χ2n) is 5.20. The number of pyridine rings is 1. The zero-order chi connectivity index (χ0) is 16.9. The van der Waals surface area contributed by atoms with Crippen molar-refractivity contribution in [3.8, 4) is 0 Å². The second-order valence-corrected chi connectivity index (χ2v) is 6.62. The van der Waals surface area contributed by atoms with Crippen molar-refractivity contribution in [1.29, 1.82) is 0 Å².